The molecule has 2 saturated heterocycles. The zero-order chi connectivity index (χ0) is 24.0. The van der Waals surface area contributed by atoms with E-state index in [1.807, 2.05) is 6.92 Å². The number of hydrogen-bond donors (Lipinski definition) is 5. The van der Waals surface area contributed by atoms with E-state index in [0.29, 0.717) is 37.9 Å². The van der Waals surface area contributed by atoms with Gasteiger partial charge in [0, 0.05) is 24.9 Å². The van der Waals surface area contributed by atoms with Gasteiger partial charge in [-0.25, -0.2) is 9.78 Å². The topological polar surface area (TPSA) is 157 Å². The Kier molecular flexibility index (Phi) is 8.43. The van der Waals surface area contributed by atoms with Crippen molar-refractivity contribution in [2.45, 2.75) is 76.5 Å². The monoisotopic (exact) mass is 462 g/mol. The quantitative estimate of drug-likeness (QED) is 0.322. The fourth-order valence-electron chi connectivity index (χ4n) is 4.43. The Morgan fingerprint density at radius 2 is 2.00 bits per heavy atom. The van der Waals surface area contributed by atoms with Gasteiger partial charge in [-0.05, 0) is 38.1 Å². The summed E-state index contributed by atoms with van der Waals surface area (Å²) in [5.74, 6) is -2.42. The van der Waals surface area contributed by atoms with Crippen molar-refractivity contribution in [3.63, 3.8) is 0 Å². The van der Waals surface area contributed by atoms with E-state index in [0.717, 1.165) is 13.0 Å². The van der Waals surface area contributed by atoms with Crippen LogP contribution in [0.2, 0.25) is 0 Å². The van der Waals surface area contributed by atoms with Gasteiger partial charge >= 0.3 is 5.97 Å². The number of H-pyrrole nitrogens is 1. The number of carbonyl (C=O) groups is 4. The van der Waals surface area contributed by atoms with Crippen LogP contribution in [0, 0.1) is 5.92 Å². The second-order valence-electron chi connectivity index (χ2n) is 8.89. The van der Waals surface area contributed by atoms with Crippen molar-refractivity contribution in [1.29, 1.82) is 0 Å². The molecule has 2 fully saturated rings. The smallest absolute Gasteiger partial charge is 0.326 e. The standard InChI is InChI=1S/C22H34N6O5/c1-3-13(2)18(22(32)33)27-20(30)17-7-5-9-28(17)21(31)16(10-14-11-23-12-25-14)26-19(29)15-6-4-8-24-15/h11-13,15-18,24H,3-10H2,1-2H3,(H,23,25)(H,26,29)(H,27,30)(H,32,33). The molecule has 3 heterocycles. The van der Waals surface area contributed by atoms with E-state index in [1.54, 1.807) is 13.1 Å². The molecule has 1 aromatic heterocycles. The molecule has 1 aromatic rings. The van der Waals surface area contributed by atoms with Gasteiger partial charge in [0.05, 0.1) is 12.4 Å². The number of imidazole rings is 1. The van der Waals surface area contributed by atoms with Gasteiger partial charge in [0.15, 0.2) is 0 Å². The average Bonchev–Trinajstić information content (AvgIpc) is 3.57. The van der Waals surface area contributed by atoms with Gasteiger partial charge in [0.25, 0.3) is 0 Å². The van der Waals surface area contributed by atoms with Crippen molar-refractivity contribution in [3.05, 3.63) is 18.2 Å². The van der Waals surface area contributed by atoms with Gasteiger partial charge in [-0.1, -0.05) is 20.3 Å². The van der Waals surface area contributed by atoms with Crippen molar-refractivity contribution < 1.29 is 24.3 Å². The van der Waals surface area contributed by atoms with Crippen LogP contribution in [-0.4, -0.2) is 80.9 Å². The first-order valence-electron chi connectivity index (χ1n) is 11.7. The molecule has 0 spiro atoms. The minimum absolute atomic E-state index is 0.215. The van der Waals surface area contributed by atoms with Gasteiger partial charge in [-0.3, -0.25) is 14.4 Å². The molecular weight excluding hydrogens is 428 g/mol. The molecule has 0 aliphatic carbocycles. The number of likely N-dealkylation sites (tertiary alicyclic amines) is 1. The lowest BCUT2D eigenvalue weighted by molar-refractivity contribution is -0.146. The Morgan fingerprint density at radius 1 is 1.21 bits per heavy atom. The second kappa shape index (κ2) is 11.3. The fourth-order valence-corrected chi connectivity index (χ4v) is 4.43. The van der Waals surface area contributed by atoms with Crippen molar-refractivity contribution in [1.82, 2.24) is 30.8 Å². The fraction of sp³-hybridized carbons (Fsp3) is 0.682. The zero-order valence-electron chi connectivity index (χ0n) is 19.2. The van der Waals surface area contributed by atoms with E-state index in [9.17, 15) is 24.3 Å². The number of aromatic amines is 1. The SMILES string of the molecule is CCC(C)C(NC(=O)C1CCCN1C(=O)C(Cc1cnc[nH]1)NC(=O)C1CCCN1)C(=O)O. The Balaban J connectivity index is 1.73. The van der Waals surface area contributed by atoms with Crippen LogP contribution in [0.3, 0.4) is 0 Å². The third kappa shape index (κ3) is 6.10. The van der Waals surface area contributed by atoms with Crippen molar-refractivity contribution in [2.75, 3.05) is 13.1 Å². The van der Waals surface area contributed by atoms with Gasteiger partial charge in [-0.15, -0.1) is 0 Å². The number of hydrogen-bond acceptors (Lipinski definition) is 6. The zero-order valence-corrected chi connectivity index (χ0v) is 19.2. The number of aromatic nitrogens is 2. The number of amides is 3. The van der Waals surface area contributed by atoms with Crippen molar-refractivity contribution in [3.8, 4) is 0 Å². The van der Waals surface area contributed by atoms with E-state index in [2.05, 4.69) is 25.9 Å². The third-order valence-corrected chi connectivity index (χ3v) is 6.59. The number of nitrogens with one attached hydrogen (secondary N) is 4. The van der Waals surface area contributed by atoms with Crippen molar-refractivity contribution in [2.24, 2.45) is 5.92 Å². The molecule has 0 radical (unpaired) electrons. The van der Waals surface area contributed by atoms with E-state index >= 15 is 0 Å². The summed E-state index contributed by atoms with van der Waals surface area (Å²) in [7, 11) is 0. The number of nitrogens with zero attached hydrogens (tertiary/aromatic N) is 2. The van der Waals surface area contributed by atoms with E-state index < -0.39 is 30.0 Å². The Hall–Kier alpha value is -2.95. The predicted octanol–water partition coefficient (Wildman–Crippen LogP) is -0.204. The maximum Gasteiger partial charge on any atom is 0.326 e. The molecule has 3 rings (SSSR count). The van der Waals surface area contributed by atoms with Gasteiger partial charge in [0.2, 0.25) is 17.7 Å². The Labute approximate surface area is 193 Å². The summed E-state index contributed by atoms with van der Waals surface area (Å²) < 4.78 is 0. The number of rotatable bonds is 10. The minimum Gasteiger partial charge on any atom is -0.480 e. The number of carboxylic acid groups (broad SMARTS) is 1. The highest BCUT2D eigenvalue weighted by Crippen LogP contribution is 2.21. The maximum absolute atomic E-state index is 13.5. The van der Waals surface area contributed by atoms with Gasteiger partial charge in [0.1, 0.15) is 18.1 Å². The second-order valence-corrected chi connectivity index (χ2v) is 8.89. The summed E-state index contributed by atoms with van der Waals surface area (Å²) in [5, 5.41) is 18.1. The van der Waals surface area contributed by atoms with Crippen molar-refractivity contribution >= 4 is 23.7 Å². The number of carbonyl (C=O) groups excluding carboxylic acids is 3. The summed E-state index contributed by atoms with van der Waals surface area (Å²) in [6, 6.07) is -2.99. The lowest BCUT2D eigenvalue weighted by Crippen LogP contribution is -2.57. The minimum atomic E-state index is -1.10. The first kappa shape index (κ1) is 24.7. The highest BCUT2D eigenvalue weighted by Gasteiger charge is 2.40. The van der Waals surface area contributed by atoms with Crippen LogP contribution < -0.4 is 16.0 Å². The molecule has 0 aromatic carbocycles. The molecule has 5 N–H and O–H groups in total. The summed E-state index contributed by atoms with van der Waals surface area (Å²) in [6.07, 6.45) is 6.58. The van der Waals surface area contributed by atoms with Crippen LogP contribution in [0.15, 0.2) is 12.5 Å². The third-order valence-electron chi connectivity index (χ3n) is 6.59. The van der Waals surface area contributed by atoms with Crippen LogP contribution >= 0.6 is 0 Å². The van der Waals surface area contributed by atoms with E-state index in [4.69, 9.17) is 0 Å². The van der Waals surface area contributed by atoms with Gasteiger partial charge < -0.3 is 30.9 Å². The average molecular weight is 463 g/mol. The highest BCUT2D eigenvalue weighted by atomic mass is 16.4. The maximum atomic E-state index is 13.5. The first-order chi connectivity index (χ1) is 15.8. The molecule has 5 unspecified atom stereocenters. The van der Waals surface area contributed by atoms with Crippen LogP contribution in [0.4, 0.5) is 0 Å². The predicted molar refractivity (Wildman–Crippen MR) is 119 cm³/mol. The number of carboxylic acids is 1. The largest absolute Gasteiger partial charge is 0.480 e. The molecule has 182 valence electrons. The van der Waals surface area contributed by atoms with Crippen LogP contribution in [0.25, 0.3) is 0 Å². The van der Waals surface area contributed by atoms with E-state index in [-0.39, 0.29) is 30.2 Å². The normalized spacial score (nSPS) is 23.0. The first-order valence-corrected chi connectivity index (χ1v) is 11.7. The van der Waals surface area contributed by atoms with E-state index in [1.165, 1.54) is 11.2 Å². The summed E-state index contributed by atoms with van der Waals surface area (Å²) in [6.45, 7) is 4.76. The molecule has 2 aliphatic rings. The summed E-state index contributed by atoms with van der Waals surface area (Å²) >= 11 is 0. The van der Waals surface area contributed by atoms with Crippen LogP contribution in [0.1, 0.15) is 51.6 Å². The highest BCUT2D eigenvalue weighted by molar-refractivity contribution is 5.94. The summed E-state index contributed by atoms with van der Waals surface area (Å²) in [4.78, 5) is 59.3. The molecule has 33 heavy (non-hydrogen) atoms. The molecule has 5 atom stereocenters. The molecule has 11 nitrogen and oxygen atoms in total. The van der Waals surface area contributed by atoms with Crippen LogP contribution in [0.5, 0.6) is 0 Å². The molecule has 0 bridgehead atoms. The molecule has 11 heteroatoms. The Morgan fingerprint density at radius 3 is 2.61 bits per heavy atom. The lowest BCUT2D eigenvalue weighted by atomic mass is 9.98. The molecular formula is C22H34N6O5. The summed E-state index contributed by atoms with van der Waals surface area (Å²) in [5.41, 5.74) is 0.691. The van der Waals surface area contributed by atoms with Gasteiger partial charge in [-0.2, -0.15) is 0 Å². The lowest BCUT2D eigenvalue weighted by Gasteiger charge is -2.30. The molecule has 0 saturated carbocycles. The van der Waals surface area contributed by atoms with Crippen LogP contribution in [-0.2, 0) is 25.6 Å². The Bertz CT molecular complexity index is 838. The number of aliphatic carboxylic acids is 1. The molecule has 2 aliphatic heterocycles. The molecule has 3 amide bonds.